The van der Waals surface area contributed by atoms with E-state index in [9.17, 15) is 10.1 Å². The SMILES string of the molecule is CC(Nc1ccc([N+](=O)[O-])cc1Br)c1ccccn1. The van der Waals surface area contributed by atoms with E-state index in [1.165, 1.54) is 12.1 Å². The van der Waals surface area contributed by atoms with Crippen LogP contribution < -0.4 is 5.32 Å². The monoisotopic (exact) mass is 321 g/mol. The number of nitrogens with zero attached hydrogens (tertiary/aromatic N) is 2. The lowest BCUT2D eigenvalue weighted by Gasteiger charge is -2.15. The zero-order valence-electron chi connectivity index (χ0n) is 10.2. The van der Waals surface area contributed by atoms with Crippen LogP contribution in [-0.2, 0) is 0 Å². The number of rotatable bonds is 4. The number of benzene rings is 1. The second-order valence-corrected chi connectivity index (χ2v) is 4.90. The molecule has 2 rings (SSSR count). The number of anilines is 1. The highest BCUT2D eigenvalue weighted by Crippen LogP contribution is 2.29. The van der Waals surface area contributed by atoms with Gasteiger partial charge in [0, 0.05) is 28.5 Å². The van der Waals surface area contributed by atoms with Crippen molar-refractivity contribution in [3.63, 3.8) is 0 Å². The summed E-state index contributed by atoms with van der Waals surface area (Å²) in [7, 11) is 0. The van der Waals surface area contributed by atoms with Gasteiger partial charge in [0.25, 0.3) is 5.69 Å². The van der Waals surface area contributed by atoms with Crippen molar-refractivity contribution < 1.29 is 4.92 Å². The molecular formula is C13H12BrN3O2. The predicted molar refractivity (Wildman–Crippen MR) is 77.1 cm³/mol. The van der Waals surface area contributed by atoms with Gasteiger partial charge in [-0.25, -0.2) is 0 Å². The minimum atomic E-state index is -0.420. The van der Waals surface area contributed by atoms with E-state index in [4.69, 9.17) is 0 Å². The molecule has 1 atom stereocenters. The van der Waals surface area contributed by atoms with Gasteiger partial charge in [0.1, 0.15) is 0 Å². The predicted octanol–water partition coefficient (Wildman–Crippen LogP) is 3.93. The van der Waals surface area contributed by atoms with Crippen LogP contribution in [0.3, 0.4) is 0 Å². The summed E-state index contributed by atoms with van der Waals surface area (Å²) in [6.45, 7) is 1.98. The van der Waals surface area contributed by atoms with E-state index in [2.05, 4.69) is 26.2 Å². The Morgan fingerprint density at radius 3 is 2.74 bits per heavy atom. The Labute approximate surface area is 119 Å². The average molecular weight is 322 g/mol. The maximum absolute atomic E-state index is 10.7. The van der Waals surface area contributed by atoms with E-state index in [0.717, 1.165) is 11.4 Å². The van der Waals surface area contributed by atoms with Gasteiger partial charge in [0.2, 0.25) is 0 Å². The Balaban J connectivity index is 2.18. The first-order valence-electron chi connectivity index (χ1n) is 5.69. The van der Waals surface area contributed by atoms with Crippen LogP contribution in [0.5, 0.6) is 0 Å². The summed E-state index contributed by atoms with van der Waals surface area (Å²) < 4.78 is 0.657. The van der Waals surface area contributed by atoms with Gasteiger partial charge < -0.3 is 5.32 Å². The molecule has 0 saturated heterocycles. The van der Waals surface area contributed by atoms with Crippen LogP contribution in [0.2, 0.25) is 0 Å². The van der Waals surface area contributed by atoms with Crippen molar-refractivity contribution in [2.75, 3.05) is 5.32 Å². The number of pyridine rings is 1. The third-order valence-electron chi connectivity index (χ3n) is 2.67. The first-order valence-corrected chi connectivity index (χ1v) is 6.48. The molecule has 0 aliphatic carbocycles. The Hall–Kier alpha value is -1.95. The number of non-ortho nitro benzene ring substituents is 1. The second-order valence-electron chi connectivity index (χ2n) is 4.04. The van der Waals surface area contributed by atoms with Crippen LogP contribution in [0, 0.1) is 10.1 Å². The molecule has 1 unspecified atom stereocenters. The highest BCUT2D eigenvalue weighted by molar-refractivity contribution is 9.10. The van der Waals surface area contributed by atoms with E-state index >= 15 is 0 Å². The Morgan fingerprint density at radius 1 is 1.37 bits per heavy atom. The fourth-order valence-corrected chi connectivity index (χ4v) is 2.16. The minimum Gasteiger partial charge on any atom is -0.376 e. The molecule has 98 valence electrons. The first-order chi connectivity index (χ1) is 9.08. The lowest BCUT2D eigenvalue weighted by Crippen LogP contribution is -2.08. The molecule has 5 nitrogen and oxygen atoms in total. The third kappa shape index (κ3) is 3.29. The number of nitrogens with one attached hydrogen (secondary N) is 1. The molecule has 0 fully saturated rings. The van der Waals surface area contributed by atoms with Crippen molar-refractivity contribution in [1.29, 1.82) is 0 Å². The van der Waals surface area contributed by atoms with Crippen LogP contribution >= 0.6 is 15.9 Å². The molecule has 0 amide bonds. The summed E-state index contributed by atoms with van der Waals surface area (Å²) in [6.07, 6.45) is 1.73. The molecule has 1 heterocycles. The van der Waals surface area contributed by atoms with E-state index in [1.807, 2.05) is 25.1 Å². The fourth-order valence-electron chi connectivity index (χ4n) is 1.67. The largest absolute Gasteiger partial charge is 0.376 e. The molecule has 0 spiro atoms. The van der Waals surface area contributed by atoms with E-state index in [1.54, 1.807) is 12.3 Å². The van der Waals surface area contributed by atoms with Crippen LogP contribution in [0.1, 0.15) is 18.7 Å². The standard InChI is InChI=1S/C13H12BrN3O2/c1-9(12-4-2-3-7-15-12)16-13-6-5-10(17(18)19)8-11(13)14/h2-9,16H,1H3. The number of aromatic nitrogens is 1. The number of nitro benzene ring substituents is 1. The van der Waals surface area contributed by atoms with Gasteiger partial charge in [-0.15, -0.1) is 0 Å². The van der Waals surface area contributed by atoms with Crippen LogP contribution in [0.15, 0.2) is 47.1 Å². The first kappa shape index (κ1) is 13.5. The van der Waals surface area contributed by atoms with Crippen molar-refractivity contribution in [3.8, 4) is 0 Å². The maximum Gasteiger partial charge on any atom is 0.270 e. The van der Waals surface area contributed by atoms with E-state index < -0.39 is 4.92 Å². The number of hydrogen-bond acceptors (Lipinski definition) is 4. The zero-order chi connectivity index (χ0) is 13.8. The van der Waals surface area contributed by atoms with Crippen LogP contribution in [-0.4, -0.2) is 9.91 Å². The summed E-state index contributed by atoms with van der Waals surface area (Å²) in [5, 5.41) is 13.9. The van der Waals surface area contributed by atoms with Crippen molar-refractivity contribution in [3.05, 3.63) is 62.9 Å². The summed E-state index contributed by atoms with van der Waals surface area (Å²) in [5.74, 6) is 0. The van der Waals surface area contributed by atoms with Gasteiger partial charge in [-0.1, -0.05) is 6.07 Å². The number of nitro groups is 1. The molecule has 1 aromatic heterocycles. The molecule has 6 heteroatoms. The van der Waals surface area contributed by atoms with Gasteiger partial charge >= 0.3 is 0 Å². The molecule has 19 heavy (non-hydrogen) atoms. The highest BCUT2D eigenvalue weighted by atomic mass is 79.9. The zero-order valence-corrected chi connectivity index (χ0v) is 11.8. The van der Waals surface area contributed by atoms with Crippen molar-refractivity contribution in [1.82, 2.24) is 4.98 Å². The number of halogens is 1. The van der Waals surface area contributed by atoms with Gasteiger partial charge in [-0.05, 0) is 41.1 Å². The minimum absolute atomic E-state index is 0.0129. The maximum atomic E-state index is 10.7. The molecule has 1 N–H and O–H groups in total. The molecular weight excluding hydrogens is 310 g/mol. The molecule has 0 bridgehead atoms. The van der Waals surface area contributed by atoms with E-state index in [0.29, 0.717) is 4.47 Å². The average Bonchev–Trinajstić information content (AvgIpc) is 2.41. The van der Waals surface area contributed by atoms with Crippen molar-refractivity contribution in [2.45, 2.75) is 13.0 Å². The molecule has 0 saturated carbocycles. The smallest absolute Gasteiger partial charge is 0.270 e. The fraction of sp³-hybridized carbons (Fsp3) is 0.154. The highest BCUT2D eigenvalue weighted by Gasteiger charge is 2.12. The molecule has 2 aromatic rings. The lowest BCUT2D eigenvalue weighted by atomic mass is 10.2. The topological polar surface area (TPSA) is 68.1 Å². The molecule has 0 aliphatic rings. The van der Waals surface area contributed by atoms with Gasteiger partial charge in [0.15, 0.2) is 0 Å². The van der Waals surface area contributed by atoms with Gasteiger partial charge in [0.05, 0.1) is 16.7 Å². The van der Waals surface area contributed by atoms with Gasteiger partial charge in [-0.3, -0.25) is 15.1 Å². The molecule has 0 aliphatic heterocycles. The normalized spacial score (nSPS) is 11.9. The van der Waals surface area contributed by atoms with Gasteiger partial charge in [-0.2, -0.15) is 0 Å². The Kier molecular flexibility index (Phi) is 4.11. The van der Waals surface area contributed by atoms with Crippen molar-refractivity contribution >= 4 is 27.3 Å². The summed E-state index contributed by atoms with van der Waals surface area (Å²) in [4.78, 5) is 14.5. The Bertz CT molecular complexity index is 590. The van der Waals surface area contributed by atoms with Crippen LogP contribution in [0.4, 0.5) is 11.4 Å². The third-order valence-corrected chi connectivity index (χ3v) is 3.32. The molecule has 0 radical (unpaired) electrons. The summed E-state index contributed by atoms with van der Waals surface area (Å²) in [5.41, 5.74) is 1.76. The summed E-state index contributed by atoms with van der Waals surface area (Å²) in [6, 6.07) is 10.4. The molecule has 1 aromatic carbocycles. The quantitative estimate of drug-likeness (QED) is 0.684. The lowest BCUT2D eigenvalue weighted by molar-refractivity contribution is -0.384. The van der Waals surface area contributed by atoms with Crippen LogP contribution in [0.25, 0.3) is 0 Å². The van der Waals surface area contributed by atoms with E-state index in [-0.39, 0.29) is 11.7 Å². The number of hydrogen-bond donors (Lipinski definition) is 1. The van der Waals surface area contributed by atoms with Crippen molar-refractivity contribution in [2.24, 2.45) is 0 Å². The summed E-state index contributed by atoms with van der Waals surface area (Å²) >= 11 is 3.33. The Morgan fingerprint density at radius 2 is 2.16 bits per heavy atom. The second kappa shape index (κ2) is 5.79.